The molecule has 2 aromatic rings. The van der Waals surface area contributed by atoms with Crippen molar-refractivity contribution in [2.45, 2.75) is 20.8 Å². The zero-order chi connectivity index (χ0) is 13.1. The van der Waals surface area contributed by atoms with Crippen LogP contribution in [0.3, 0.4) is 0 Å². The molecule has 2 rings (SSSR count). The number of nitrogens with zero attached hydrogens (tertiary/aromatic N) is 1. The molecule has 3 nitrogen and oxygen atoms in total. The SMILES string of the molecule is Cc1cccc(NC(=O)c2ccc(C)c(C)c2)n1. The van der Waals surface area contributed by atoms with E-state index in [1.807, 2.05) is 51.1 Å². The molecule has 0 aliphatic carbocycles. The van der Waals surface area contributed by atoms with Gasteiger partial charge in [0, 0.05) is 11.3 Å². The number of benzene rings is 1. The van der Waals surface area contributed by atoms with Gasteiger partial charge >= 0.3 is 0 Å². The van der Waals surface area contributed by atoms with Crippen molar-refractivity contribution >= 4 is 11.7 Å². The van der Waals surface area contributed by atoms with Crippen molar-refractivity contribution in [1.82, 2.24) is 4.98 Å². The van der Waals surface area contributed by atoms with Gasteiger partial charge < -0.3 is 5.32 Å². The summed E-state index contributed by atoms with van der Waals surface area (Å²) in [5, 5.41) is 2.80. The molecule has 0 unspecified atom stereocenters. The highest BCUT2D eigenvalue weighted by molar-refractivity contribution is 6.03. The van der Waals surface area contributed by atoms with Crippen LogP contribution in [-0.4, -0.2) is 10.9 Å². The van der Waals surface area contributed by atoms with Crippen LogP contribution in [0.4, 0.5) is 5.82 Å². The zero-order valence-electron chi connectivity index (χ0n) is 10.8. The summed E-state index contributed by atoms with van der Waals surface area (Å²) in [6.45, 7) is 5.92. The molecule has 0 bridgehead atoms. The first kappa shape index (κ1) is 12.3. The summed E-state index contributed by atoms with van der Waals surface area (Å²) < 4.78 is 0. The maximum atomic E-state index is 12.0. The lowest BCUT2D eigenvalue weighted by Crippen LogP contribution is -2.13. The van der Waals surface area contributed by atoms with Crippen LogP contribution >= 0.6 is 0 Å². The minimum absolute atomic E-state index is 0.129. The van der Waals surface area contributed by atoms with E-state index >= 15 is 0 Å². The van der Waals surface area contributed by atoms with E-state index in [9.17, 15) is 4.79 Å². The van der Waals surface area contributed by atoms with Crippen molar-refractivity contribution < 1.29 is 4.79 Å². The van der Waals surface area contributed by atoms with Gasteiger partial charge in [-0.05, 0) is 56.2 Å². The maximum absolute atomic E-state index is 12.0. The fourth-order valence-corrected chi connectivity index (χ4v) is 1.68. The number of rotatable bonds is 2. The van der Waals surface area contributed by atoms with Crippen LogP contribution in [0.25, 0.3) is 0 Å². The number of amides is 1. The summed E-state index contributed by atoms with van der Waals surface area (Å²) in [5.74, 6) is 0.453. The third-order valence-electron chi connectivity index (χ3n) is 2.90. The van der Waals surface area contributed by atoms with E-state index in [0.717, 1.165) is 11.3 Å². The minimum atomic E-state index is -0.129. The highest BCUT2D eigenvalue weighted by atomic mass is 16.1. The summed E-state index contributed by atoms with van der Waals surface area (Å²) in [6, 6.07) is 11.2. The molecular formula is C15H16N2O. The summed E-state index contributed by atoms with van der Waals surface area (Å²) in [6.07, 6.45) is 0. The fourth-order valence-electron chi connectivity index (χ4n) is 1.68. The third-order valence-corrected chi connectivity index (χ3v) is 2.90. The van der Waals surface area contributed by atoms with Gasteiger partial charge in [-0.25, -0.2) is 4.98 Å². The van der Waals surface area contributed by atoms with E-state index in [1.54, 1.807) is 6.07 Å². The summed E-state index contributed by atoms with van der Waals surface area (Å²) in [7, 11) is 0. The van der Waals surface area contributed by atoms with Crippen LogP contribution in [0.15, 0.2) is 36.4 Å². The van der Waals surface area contributed by atoms with E-state index in [-0.39, 0.29) is 5.91 Å². The molecule has 0 atom stereocenters. The minimum Gasteiger partial charge on any atom is -0.307 e. The molecule has 0 fully saturated rings. The standard InChI is InChI=1S/C15H16N2O/c1-10-7-8-13(9-11(10)2)15(18)17-14-6-4-5-12(3)16-14/h4-9H,1-3H3,(H,16,17,18). The second-order valence-corrected chi connectivity index (χ2v) is 4.42. The lowest BCUT2D eigenvalue weighted by molar-refractivity contribution is 0.102. The van der Waals surface area contributed by atoms with Crippen molar-refractivity contribution in [2.75, 3.05) is 5.32 Å². The number of nitrogens with one attached hydrogen (secondary N) is 1. The molecule has 92 valence electrons. The largest absolute Gasteiger partial charge is 0.307 e. The Hall–Kier alpha value is -2.16. The average Bonchev–Trinajstić information content (AvgIpc) is 2.32. The van der Waals surface area contributed by atoms with Gasteiger partial charge in [-0.3, -0.25) is 4.79 Å². The van der Waals surface area contributed by atoms with Gasteiger partial charge in [-0.1, -0.05) is 12.1 Å². The van der Waals surface area contributed by atoms with Crippen LogP contribution in [-0.2, 0) is 0 Å². The van der Waals surface area contributed by atoms with Crippen LogP contribution in [0.5, 0.6) is 0 Å². The number of aromatic nitrogens is 1. The first-order chi connectivity index (χ1) is 8.56. The number of carbonyl (C=O) groups excluding carboxylic acids is 1. The Labute approximate surface area is 107 Å². The molecular weight excluding hydrogens is 224 g/mol. The topological polar surface area (TPSA) is 42.0 Å². The van der Waals surface area contributed by atoms with Crippen LogP contribution < -0.4 is 5.32 Å². The monoisotopic (exact) mass is 240 g/mol. The van der Waals surface area contributed by atoms with Crippen molar-refractivity contribution in [1.29, 1.82) is 0 Å². The Morgan fingerprint density at radius 3 is 2.50 bits per heavy atom. The smallest absolute Gasteiger partial charge is 0.256 e. The molecule has 18 heavy (non-hydrogen) atoms. The second-order valence-electron chi connectivity index (χ2n) is 4.42. The number of aryl methyl sites for hydroxylation is 3. The van der Waals surface area contributed by atoms with E-state index < -0.39 is 0 Å². The summed E-state index contributed by atoms with van der Waals surface area (Å²) in [4.78, 5) is 16.3. The molecule has 1 aromatic carbocycles. The average molecular weight is 240 g/mol. The van der Waals surface area contributed by atoms with Gasteiger partial charge in [-0.15, -0.1) is 0 Å². The lowest BCUT2D eigenvalue weighted by Gasteiger charge is -2.07. The third kappa shape index (κ3) is 2.74. The lowest BCUT2D eigenvalue weighted by atomic mass is 10.1. The quantitative estimate of drug-likeness (QED) is 0.875. The maximum Gasteiger partial charge on any atom is 0.256 e. The van der Waals surface area contributed by atoms with Gasteiger partial charge in [0.1, 0.15) is 5.82 Å². The molecule has 1 N–H and O–H groups in total. The molecule has 1 heterocycles. The molecule has 0 radical (unpaired) electrons. The van der Waals surface area contributed by atoms with Crippen molar-refractivity contribution in [3.63, 3.8) is 0 Å². The molecule has 0 aliphatic heterocycles. The van der Waals surface area contributed by atoms with E-state index in [1.165, 1.54) is 5.56 Å². The Bertz CT molecular complexity index is 591. The van der Waals surface area contributed by atoms with Gasteiger partial charge in [0.25, 0.3) is 5.91 Å². The van der Waals surface area contributed by atoms with E-state index in [4.69, 9.17) is 0 Å². The van der Waals surface area contributed by atoms with Crippen molar-refractivity contribution in [3.8, 4) is 0 Å². The predicted octanol–water partition coefficient (Wildman–Crippen LogP) is 3.26. The van der Waals surface area contributed by atoms with Crippen LogP contribution in [0, 0.1) is 20.8 Å². The first-order valence-corrected chi connectivity index (χ1v) is 5.88. The first-order valence-electron chi connectivity index (χ1n) is 5.88. The van der Waals surface area contributed by atoms with Gasteiger partial charge in [0.15, 0.2) is 0 Å². The summed E-state index contributed by atoms with van der Waals surface area (Å²) >= 11 is 0. The highest BCUT2D eigenvalue weighted by Gasteiger charge is 2.07. The zero-order valence-corrected chi connectivity index (χ0v) is 10.8. The molecule has 0 saturated heterocycles. The normalized spacial score (nSPS) is 10.2. The Balaban J connectivity index is 2.19. The Morgan fingerprint density at radius 1 is 1.06 bits per heavy atom. The molecule has 0 aliphatic rings. The van der Waals surface area contributed by atoms with Crippen LogP contribution in [0.2, 0.25) is 0 Å². The second kappa shape index (κ2) is 5.00. The Morgan fingerprint density at radius 2 is 1.83 bits per heavy atom. The van der Waals surface area contributed by atoms with E-state index in [2.05, 4.69) is 10.3 Å². The predicted molar refractivity (Wildman–Crippen MR) is 72.8 cm³/mol. The van der Waals surface area contributed by atoms with Gasteiger partial charge in [-0.2, -0.15) is 0 Å². The number of carbonyl (C=O) groups is 1. The number of hydrogen-bond donors (Lipinski definition) is 1. The van der Waals surface area contributed by atoms with Gasteiger partial charge in [0.2, 0.25) is 0 Å². The highest BCUT2D eigenvalue weighted by Crippen LogP contribution is 2.12. The van der Waals surface area contributed by atoms with Gasteiger partial charge in [0.05, 0.1) is 0 Å². The molecule has 0 spiro atoms. The summed E-state index contributed by atoms with van der Waals surface area (Å²) in [5.41, 5.74) is 3.83. The molecule has 3 heteroatoms. The number of anilines is 1. The number of hydrogen-bond acceptors (Lipinski definition) is 2. The molecule has 1 amide bonds. The molecule has 1 aromatic heterocycles. The fraction of sp³-hybridized carbons (Fsp3) is 0.200. The van der Waals surface area contributed by atoms with Crippen molar-refractivity contribution in [3.05, 3.63) is 58.8 Å². The van der Waals surface area contributed by atoms with Crippen LogP contribution in [0.1, 0.15) is 27.2 Å². The van der Waals surface area contributed by atoms with E-state index in [0.29, 0.717) is 11.4 Å². The van der Waals surface area contributed by atoms with Crippen molar-refractivity contribution in [2.24, 2.45) is 0 Å². The Kier molecular flexibility index (Phi) is 3.42. The molecule has 0 saturated carbocycles. The number of pyridine rings is 1.